The van der Waals surface area contributed by atoms with Crippen molar-refractivity contribution >= 4 is 75.4 Å². The highest BCUT2D eigenvalue weighted by Gasteiger charge is 2.26. The summed E-state index contributed by atoms with van der Waals surface area (Å²) < 4.78 is 0. The van der Waals surface area contributed by atoms with Crippen molar-refractivity contribution in [2.75, 3.05) is 0 Å². The third kappa shape index (κ3) is 2.74. The van der Waals surface area contributed by atoms with E-state index >= 15 is 0 Å². The lowest BCUT2D eigenvalue weighted by Gasteiger charge is -2.12. The molecule has 0 nitrogen and oxygen atoms in total. The molecule has 0 saturated carbocycles. The Kier molecular flexibility index (Phi) is 4.07. The summed E-state index contributed by atoms with van der Waals surface area (Å²) in [7, 11) is 0. The lowest BCUT2D eigenvalue weighted by molar-refractivity contribution is 1.74. The summed E-state index contributed by atoms with van der Waals surface area (Å²) in [5.74, 6) is 0. The molecule has 0 atom stereocenters. The Morgan fingerprint density at radius 3 is 1.13 bits per heavy atom. The maximum Gasteiger partial charge on any atom is -0.00199 e. The van der Waals surface area contributed by atoms with Gasteiger partial charge in [0.25, 0.3) is 0 Å². The zero-order valence-corrected chi connectivity index (χ0v) is 24.9. The van der Waals surface area contributed by atoms with Crippen LogP contribution in [0.2, 0.25) is 0 Å². The van der Waals surface area contributed by atoms with Crippen molar-refractivity contribution in [1.82, 2.24) is 0 Å². The smallest absolute Gasteiger partial charge is 0.00199 e. The molecule has 10 aromatic rings. The molecule has 0 bridgehead atoms. The quantitative estimate of drug-likeness (QED) is 0.158. The summed E-state index contributed by atoms with van der Waals surface area (Å²) in [6.07, 6.45) is 0. The molecule has 0 spiro atoms. The van der Waals surface area contributed by atoms with Crippen molar-refractivity contribution in [2.45, 2.75) is 0 Å². The molecular weight excluding hydrogens is 553 g/mol. The second-order valence-corrected chi connectivity index (χ2v) is 13.2. The van der Waals surface area contributed by atoms with Crippen LogP contribution in [0.1, 0.15) is 0 Å². The number of hydrogen-bond donors (Lipinski definition) is 0. The highest BCUT2D eigenvalue weighted by atomic mass is 14.3. The Morgan fingerprint density at radius 1 is 0.196 bits per heavy atom. The number of fused-ring (bicyclic) bond motifs is 15. The van der Waals surface area contributed by atoms with Crippen LogP contribution < -0.4 is 0 Å². The summed E-state index contributed by atoms with van der Waals surface area (Å²) in [4.78, 5) is 0. The third-order valence-corrected chi connectivity index (χ3v) is 11.0. The van der Waals surface area contributed by atoms with Crippen molar-refractivity contribution in [2.24, 2.45) is 0 Å². The number of benzene rings is 10. The van der Waals surface area contributed by atoms with Crippen molar-refractivity contribution in [3.8, 4) is 44.5 Å². The summed E-state index contributed by atoms with van der Waals surface area (Å²) in [6.45, 7) is 0. The van der Waals surface area contributed by atoms with E-state index < -0.39 is 0 Å². The zero-order chi connectivity index (χ0) is 29.7. The summed E-state index contributed by atoms with van der Waals surface area (Å²) >= 11 is 0. The first kappa shape index (κ1) is 23.4. The van der Waals surface area contributed by atoms with Gasteiger partial charge in [-0.1, -0.05) is 109 Å². The SMILES string of the molecule is c1ccc2c(c1)cc1c3c(cccc32)-c2cc3c(ccc4c5cc6c(cc5ccc34)-c3cccc4c3c-6cc3ccccc34)cc2-1. The van der Waals surface area contributed by atoms with Gasteiger partial charge in [-0.25, -0.2) is 0 Å². The predicted molar refractivity (Wildman–Crippen MR) is 198 cm³/mol. The van der Waals surface area contributed by atoms with E-state index in [0.29, 0.717) is 0 Å². The van der Waals surface area contributed by atoms with E-state index in [1.54, 1.807) is 0 Å². The van der Waals surface area contributed by atoms with Gasteiger partial charge in [0.1, 0.15) is 0 Å². The summed E-state index contributed by atoms with van der Waals surface area (Å²) in [5, 5.41) is 18.6. The van der Waals surface area contributed by atoms with Gasteiger partial charge < -0.3 is 0 Å². The van der Waals surface area contributed by atoms with Gasteiger partial charge in [-0.15, -0.1) is 0 Å². The molecule has 2 aliphatic carbocycles. The van der Waals surface area contributed by atoms with Gasteiger partial charge in [0.15, 0.2) is 0 Å². The molecule has 0 aliphatic heterocycles. The van der Waals surface area contributed by atoms with Gasteiger partial charge in [0.2, 0.25) is 0 Å². The Bertz CT molecular complexity index is 3070. The topological polar surface area (TPSA) is 0 Å². The first-order valence-corrected chi connectivity index (χ1v) is 16.2. The minimum absolute atomic E-state index is 1.30. The molecule has 0 amide bonds. The van der Waals surface area contributed by atoms with E-state index in [1.165, 1.54) is 120 Å². The van der Waals surface area contributed by atoms with Crippen molar-refractivity contribution < 1.29 is 0 Å². The third-order valence-electron chi connectivity index (χ3n) is 11.0. The minimum Gasteiger partial charge on any atom is -0.0616 e. The van der Waals surface area contributed by atoms with Crippen molar-refractivity contribution in [3.05, 3.63) is 146 Å². The van der Waals surface area contributed by atoms with Crippen LogP contribution in [0.25, 0.3) is 120 Å². The molecule has 12 rings (SSSR count). The van der Waals surface area contributed by atoms with E-state index in [0.717, 1.165) is 0 Å². The van der Waals surface area contributed by atoms with Crippen LogP contribution in [0.3, 0.4) is 0 Å². The van der Waals surface area contributed by atoms with E-state index in [9.17, 15) is 0 Å². The van der Waals surface area contributed by atoms with Crippen LogP contribution in [0.4, 0.5) is 0 Å². The molecule has 208 valence electrons. The Morgan fingerprint density at radius 2 is 0.587 bits per heavy atom. The molecule has 0 radical (unpaired) electrons. The van der Waals surface area contributed by atoms with Gasteiger partial charge in [0, 0.05) is 0 Å². The fourth-order valence-corrected chi connectivity index (χ4v) is 9.06. The molecule has 0 unspecified atom stereocenters. The monoisotopic (exact) mass is 576 g/mol. The molecule has 0 heteroatoms. The van der Waals surface area contributed by atoms with Gasteiger partial charge in [-0.3, -0.25) is 0 Å². The first-order chi connectivity index (χ1) is 22.8. The Balaban J connectivity index is 1.14. The zero-order valence-electron chi connectivity index (χ0n) is 24.9. The molecular formula is C46H24. The molecule has 2 aliphatic rings. The average molecular weight is 577 g/mol. The maximum atomic E-state index is 2.47. The standard InChI is InChI=1S/C46H24/c1-3-9-29-25(7-1)21-43-40-20-28-16-18-32-31(37(28)23-41(40)36-14-6-12-34(29)46(36)43)17-15-27-19-39-35-13-5-11-33-30-10-4-2-8-26(30)22-44(45(33)35)42(39)24-38(27)32/h1-24H. The van der Waals surface area contributed by atoms with Crippen LogP contribution in [0.5, 0.6) is 0 Å². The average Bonchev–Trinajstić information content (AvgIpc) is 3.59. The predicted octanol–water partition coefficient (Wildman–Crippen LogP) is 13.1. The first-order valence-electron chi connectivity index (χ1n) is 16.2. The van der Waals surface area contributed by atoms with Crippen molar-refractivity contribution in [3.63, 3.8) is 0 Å². The molecule has 0 fully saturated rings. The molecule has 0 heterocycles. The summed E-state index contributed by atoms with van der Waals surface area (Å²) in [5.41, 5.74) is 10.8. The van der Waals surface area contributed by atoms with E-state index in [4.69, 9.17) is 0 Å². The lowest BCUT2D eigenvalue weighted by atomic mass is 9.91. The van der Waals surface area contributed by atoms with Gasteiger partial charge in [-0.05, 0) is 156 Å². The molecule has 0 N–H and O–H groups in total. The molecule has 10 aromatic carbocycles. The van der Waals surface area contributed by atoms with E-state index in [-0.39, 0.29) is 0 Å². The number of hydrogen-bond acceptors (Lipinski definition) is 0. The van der Waals surface area contributed by atoms with Crippen LogP contribution in [-0.2, 0) is 0 Å². The Labute approximate surface area is 264 Å². The van der Waals surface area contributed by atoms with Gasteiger partial charge >= 0.3 is 0 Å². The highest BCUT2D eigenvalue weighted by Crippen LogP contribution is 2.53. The minimum atomic E-state index is 1.30. The van der Waals surface area contributed by atoms with Crippen LogP contribution in [0.15, 0.2) is 146 Å². The summed E-state index contributed by atoms with van der Waals surface area (Å²) in [6, 6.07) is 55.2. The van der Waals surface area contributed by atoms with Crippen LogP contribution in [-0.4, -0.2) is 0 Å². The Hall–Kier alpha value is -5.98. The largest absolute Gasteiger partial charge is 0.0616 e. The van der Waals surface area contributed by atoms with Crippen LogP contribution in [0, 0.1) is 0 Å². The van der Waals surface area contributed by atoms with E-state index in [2.05, 4.69) is 146 Å². The fraction of sp³-hybridized carbons (Fsp3) is 0. The van der Waals surface area contributed by atoms with E-state index in [1.807, 2.05) is 0 Å². The second kappa shape index (κ2) is 7.99. The fourth-order valence-electron chi connectivity index (χ4n) is 9.06. The number of rotatable bonds is 0. The molecule has 46 heavy (non-hydrogen) atoms. The van der Waals surface area contributed by atoms with Crippen LogP contribution >= 0.6 is 0 Å². The highest BCUT2D eigenvalue weighted by molar-refractivity contribution is 6.28. The normalized spacial score (nSPS) is 12.8. The van der Waals surface area contributed by atoms with Gasteiger partial charge in [-0.2, -0.15) is 0 Å². The second-order valence-electron chi connectivity index (χ2n) is 13.2. The maximum absolute atomic E-state index is 2.47. The van der Waals surface area contributed by atoms with Gasteiger partial charge in [0.05, 0.1) is 0 Å². The molecule has 0 saturated heterocycles. The lowest BCUT2D eigenvalue weighted by Crippen LogP contribution is -1.85. The molecule has 0 aromatic heterocycles. The van der Waals surface area contributed by atoms with Crippen molar-refractivity contribution in [1.29, 1.82) is 0 Å².